The molecule has 0 saturated heterocycles. The van der Waals surface area contributed by atoms with Crippen molar-refractivity contribution < 1.29 is 4.39 Å². The monoisotopic (exact) mass is 470 g/mol. The van der Waals surface area contributed by atoms with Crippen molar-refractivity contribution in [1.82, 2.24) is 9.55 Å². The van der Waals surface area contributed by atoms with Crippen LogP contribution in [0.15, 0.2) is 41.2 Å². The summed E-state index contributed by atoms with van der Waals surface area (Å²) in [4.78, 5) is 21.9. The van der Waals surface area contributed by atoms with Crippen LogP contribution in [0.4, 0.5) is 15.8 Å². The first-order chi connectivity index (χ1) is 16.9. The summed E-state index contributed by atoms with van der Waals surface area (Å²) in [6.07, 6.45) is 6.04. The third-order valence-electron chi connectivity index (χ3n) is 7.47. The van der Waals surface area contributed by atoms with Gasteiger partial charge in [0.05, 0.1) is 11.2 Å². The van der Waals surface area contributed by atoms with Gasteiger partial charge in [-0.25, -0.2) is 9.37 Å². The molecule has 2 aromatic heterocycles. The highest BCUT2D eigenvalue weighted by Crippen LogP contribution is 2.39. The second-order valence-corrected chi connectivity index (χ2v) is 9.56. The van der Waals surface area contributed by atoms with Crippen LogP contribution in [0.1, 0.15) is 49.8 Å². The zero-order valence-electron chi connectivity index (χ0n) is 19.9. The Labute approximate surface area is 203 Å². The van der Waals surface area contributed by atoms with Crippen LogP contribution in [-0.2, 0) is 7.05 Å². The number of halogens is 1. The minimum atomic E-state index is -0.363. The molecule has 2 aliphatic rings. The van der Waals surface area contributed by atoms with E-state index in [9.17, 15) is 19.7 Å². The summed E-state index contributed by atoms with van der Waals surface area (Å²) in [5, 5.41) is 19.2. The average molecular weight is 471 g/mol. The van der Waals surface area contributed by atoms with Crippen molar-refractivity contribution in [3.63, 3.8) is 0 Å². The Hall–Kier alpha value is -3.91. The molecule has 7 nitrogen and oxygen atoms in total. The molecule has 0 spiro atoms. The molecule has 178 valence electrons. The van der Waals surface area contributed by atoms with E-state index in [0.717, 1.165) is 44.2 Å². The van der Waals surface area contributed by atoms with Crippen LogP contribution in [0.2, 0.25) is 0 Å². The lowest BCUT2D eigenvalue weighted by molar-refractivity contribution is 0.366. The van der Waals surface area contributed by atoms with Crippen LogP contribution in [-0.4, -0.2) is 34.7 Å². The summed E-state index contributed by atoms with van der Waals surface area (Å²) in [7, 11) is 3.54. The van der Waals surface area contributed by atoms with Gasteiger partial charge in [-0.05, 0) is 74.9 Å². The van der Waals surface area contributed by atoms with E-state index < -0.39 is 0 Å². The van der Waals surface area contributed by atoms with Crippen molar-refractivity contribution in [3.05, 3.63) is 63.8 Å². The number of benzene rings is 1. The van der Waals surface area contributed by atoms with E-state index in [1.807, 2.05) is 24.1 Å². The summed E-state index contributed by atoms with van der Waals surface area (Å²) in [5.74, 6) is -0.225. The fraction of sp³-hybridized carbons (Fsp3) is 0.407. The van der Waals surface area contributed by atoms with Crippen LogP contribution in [0.5, 0.6) is 0 Å². The molecule has 0 amide bonds. The molecule has 1 aromatic carbocycles. The van der Waals surface area contributed by atoms with Crippen LogP contribution in [0, 0.1) is 28.5 Å². The predicted octanol–water partition coefficient (Wildman–Crippen LogP) is 4.23. The highest BCUT2D eigenvalue weighted by molar-refractivity contribution is 5.92. The number of rotatable bonds is 5. The standard InChI is InChI=1S/C27H27FN6O/c1-32(26-23(16-30)27(35)33(2)24-14-5-18(15-29)31-25(24)26)19-8-10-21(11-9-19)34(22-12-13-22)20-6-3-17(28)4-7-20/h3-7,14,19,21-22H,8-13H2,1-2H3. The lowest BCUT2D eigenvalue weighted by Gasteiger charge is -2.42. The van der Waals surface area contributed by atoms with E-state index >= 15 is 0 Å². The molecule has 35 heavy (non-hydrogen) atoms. The summed E-state index contributed by atoms with van der Waals surface area (Å²) >= 11 is 0. The molecule has 2 fully saturated rings. The van der Waals surface area contributed by atoms with Crippen molar-refractivity contribution in [2.75, 3.05) is 16.8 Å². The largest absolute Gasteiger partial charge is 0.369 e. The topological polar surface area (TPSA) is 88.9 Å². The molecule has 0 radical (unpaired) electrons. The molecule has 0 atom stereocenters. The zero-order chi connectivity index (χ0) is 24.7. The molecule has 5 rings (SSSR count). The fourth-order valence-corrected chi connectivity index (χ4v) is 5.49. The van der Waals surface area contributed by atoms with Gasteiger partial charge in [-0.1, -0.05) is 0 Å². The first kappa shape index (κ1) is 22.9. The number of hydrogen-bond acceptors (Lipinski definition) is 6. The minimum Gasteiger partial charge on any atom is -0.369 e. The predicted molar refractivity (Wildman–Crippen MR) is 133 cm³/mol. The molecular weight excluding hydrogens is 443 g/mol. The maximum atomic E-state index is 13.5. The SMILES string of the molecule is CN(c1c(C#N)c(=O)n(C)c2ccc(C#N)nc12)C1CCC(N(c2ccc(F)cc2)C2CC2)CC1. The minimum absolute atomic E-state index is 0.0538. The third-order valence-corrected chi connectivity index (χ3v) is 7.47. The van der Waals surface area contributed by atoms with Crippen LogP contribution in [0.25, 0.3) is 11.0 Å². The van der Waals surface area contributed by atoms with Gasteiger partial charge in [-0.2, -0.15) is 10.5 Å². The smallest absolute Gasteiger partial charge is 0.270 e. The van der Waals surface area contributed by atoms with Gasteiger partial charge in [0, 0.05) is 37.9 Å². The van der Waals surface area contributed by atoms with Gasteiger partial charge in [0.15, 0.2) is 0 Å². The Balaban J connectivity index is 1.44. The maximum Gasteiger partial charge on any atom is 0.270 e. The Morgan fingerprint density at radius 3 is 2.11 bits per heavy atom. The molecule has 0 N–H and O–H groups in total. The highest BCUT2D eigenvalue weighted by Gasteiger charge is 2.37. The van der Waals surface area contributed by atoms with Crippen LogP contribution in [0.3, 0.4) is 0 Å². The first-order valence-electron chi connectivity index (χ1n) is 12.0. The molecule has 2 saturated carbocycles. The van der Waals surface area contributed by atoms with E-state index in [1.54, 1.807) is 19.2 Å². The third kappa shape index (κ3) is 4.10. The van der Waals surface area contributed by atoms with Gasteiger partial charge in [0.2, 0.25) is 0 Å². The second kappa shape index (κ2) is 9.03. The van der Waals surface area contributed by atoms with E-state index in [1.165, 1.54) is 16.7 Å². The van der Waals surface area contributed by atoms with Gasteiger partial charge >= 0.3 is 0 Å². The molecule has 0 bridgehead atoms. The highest BCUT2D eigenvalue weighted by atomic mass is 19.1. The number of nitrogens with zero attached hydrogens (tertiary/aromatic N) is 6. The number of hydrogen-bond donors (Lipinski definition) is 0. The number of aromatic nitrogens is 2. The van der Waals surface area contributed by atoms with Crippen LogP contribution < -0.4 is 15.4 Å². The van der Waals surface area contributed by atoms with Gasteiger partial charge < -0.3 is 14.4 Å². The van der Waals surface area contributed by atoms with Crippen molar-refractivity contribution in [2.45, 2.75) is 56.7 Å². The number of aryl methyl sites for hydroxylation is 1. The summed E-state index contributed by atoms with van der Waals surface area (Å²) in [6, 6.07) is 15.3. The lowest BCUT2D eigenvalue weighted by atomic mass is 9.88. The van der Waals surface area contributed by atoms with Gasteiger partial charge in [-0.15, -0.1) is 0 Å². The number of nitriles is 2. The normalized spacial score (nSPS) is 19.7. The van der Waals surface area contributed by atoms with E-state index in [-0.39, 0.29) is 28.7 Å². The van der Waals surface area contributed by atoms with Gasteiger partial charge in [0.25, 0.3) is 5.56 Å². The molecule has 2 aliphatic carbocycles. The Bertz CT molecular complexity index is 1410. The molecule has 0 aliphatic heterocycles. The molecule has 2 heterocycles. The van der Waals surface area contributed by atoms with E-state index in [4.69, 9.17) is 0 Å². The summed E-state index contributed by atoms with van der Waals surface area (Å²) in [5.41, 5.74) is 2.61. The zero-order valence-corrected chi connectivity index (χ0v) is 19.9. The van der Waals surface area contributed by atoms with Crippen molar-refractivity contribution in [2.24, 2.45) is 7.05 Å². The average Bonchev–Trinajstić information content (AvgIpc) is 3.72. The Morgan fingerprint density at radius 1 is 0.943 bits per heavy atom. The Kier molecular flexibility index (Phi) is 5.90. The van der Waals surface area contributed by atoms with Gasteiger partial charge in [-0.3, -0.25) is 4.79 Å². The quantitative estimate of drug-likeness (QED) is 0.554. The molecule has 3 aromatic rings. The van der Waals surface area contributed by atoms with Crippen molar-refractivity contribution >= 4 is 22.4 Å². The fourth-order valence-electron chi connectivity index (χ4n) is 5.49. The molecular formula is C27H27FN6O. The second-order valence-electron chi connectivity index (χ2n) is 9.56. The van der Waals surface area contributed by atoms with Gasteiger partial charge in [0.1, 0.15) is 34.7 Å². The summed E-state index contributed by atoms with van der Waals surface area (Å²) in [6.45, 7) is 0. The Morgan fingerprint density at radius 2 is 1.54 bits per heavy atom. The lowest BCUT2D eigenvalue weighted by Crippen LogP contribution is -2.44. The number of pyridine rings is 2. The van der Waals surface area contributed by atoms with E-state index in [2.05, 4.69) is 22.0 Å². The van der Waals surface area contributed by atoms with Crippen LogP contribution >= 0.6 is 0 Å². The maximum absolute atomic E-state index is 13.5. The molecule has 8 heteroatoms. The van der Waals surface area contributed by atoms with E-state index in [0.29, 0.717) is 28.8 Å². The van der Waals surface area contributed by atoms with Crippen molar-refractivity contribution in [1.29, 1.82) is 10.5 Å². The number of anilines is 2. The summed E-state index contributed by atoms with van der Waals surface area (Å²) < 4.78 is 14.9. The van der Waals surface area contributed by atoms with Crippen molar-refractivity contribution in [3.8, 4) is 12.1 Å². The first-order valence-corrected chi connectivity index (χ1v) is 12.0. The molecule has 0 unspecified atom stereocenters. The number of fused-ring (bicyclic) bond motifs is 1.